The normalized spacial score (nSPS) is 20.9. The lowest BCUT2D eigenvalue weighted by Gasteiger charge is -2.11. The molecule has 0 aromatic rings. The van der Waals surface area contributed by atoms with Gasteiger partial charge in [0.25, 0.3) is 0 Å². The molecule has 0 radical (unpaired) electrons. The second kappa shape index (κ2) is 7.99. The zero-order chi connectivity index (χ0) is 12.6. The van der Waals surface area contributed by atoms with Crippen LogP contribution in [0.5, 0.6) is 0 Å². The molecule has 0 aromatic heterocycles. The summed E-state index contributed by atoms with van der Waals surface area (Å²) in [5.74, 6) is 0.0661. The highest BCUT2D eigenvalue weighted by Crippen LogP contribution is 2.13. The van der Waals surface area contributed by atoms with Crippen LogP contribution in [0.25, 0.3) is 0 Å². The molecule has 1 rings (SSSR count). The van der Waals surface area contributed by atoms with Crippen LogP contribution in [0.3, 0.4) is 0 Å². The molecule has 102 valence electrons. The largest absolute Gasteiger partial charge is 0.380 e. The van der Waals surface area contributed by atoms with E-state index in [2.05, 4.69) is 4.72 Å². The number of sulfonamides is 1. The fraction of sp³-hybridized carbons (Fsp3) is 1.00. The van der Waals surface area contributed by atoms with Crippen LogP contribution in [-0.2, 0) is 19.5 Å². The molecule has 3 N–H and O–H groups in total. The predicted octanol–water partition coefficient (Wildman–Crippen LogP) is -0.550. The minimum absolute atomic E-state index is 0.0661. The van der Waals surface area contributed by atoms with Crippen LogP contribution >= 0.6 is 0 Å². The summed E-state index contributed by atoms with van der Waals surface area (Å²) in [6, 6.07) is 0. The van der Waals surface area contributed by atoms with Crippen LogP contribution in [0, 0.1) is 0 Å². The minimum Gasteiger partial charge on any atom is -0.380 e. The lowest BCUT2D eigenvalue weighted by molar-refractivity contribution is 0.127. The molecule has 1 atom stereocenters. The summed E-state index contributed by atoms with van der Waals surface area (Å²) < 4.78 is 36.2. The van der Waals surface area contributed by atoms with Gasteiger partial charge in [0.1, 0.15) is 0 Å². The van der Waals surface area contributed by atoms with E-state index in [1.165, 1.54) is 0 Å². The van der Waals surface area contributed by atoms with Crippen LogP contribution in [0.4, 0.5) is 0 Å². The smallest absolute Gasteiger partial charge is 0.214 e. The van der Waals surface area contributed by atoms with Gasteiger partial charge in [-0.3, -0.25) is 0 Å². The average molecular weight is 266 g/mol. The van der Waals surface area contributed by atoms with Gasteiger partial charge in [-0.05, 0) is 19.3 Å². The summed E-state index contributed by atoms with van der Waals surface area (Å²) in [4.78, 5) is 0. The van der Waals surface area contributed by atoms with E-state index < -0.39 is 10.0 Å². The number of hydrogen-bond acceptors (Lipinski definition) is 5. The van der Waals surface area contributed by atoms with Crippen molar-refractivity contribution < 1.29 is 17.9 Å². The second-order valence-electron chi connectivity index (χ2n) is 4.07. The summed E-state index contributed by atoms with van der Waals surface area (Å²) in [6.45, 7) is 2.61. The van der Waals surface area contributed by atoms with Gasteiger partial charge in [-0.1, -0.05) is 0 Å². The van der Waals surface area contributed by atoms with Crippen LogP contribution in [0.2, 0.25) is 0 Å². The van der Waals surface area contributed by atoms with Crippen molar-refractivity contribution in [1.82, 2.24) is 4.72 Å². The molecule has 1 saturated heterocycles. The van der Waals surface area contributed by atoms with Crippen molar-refractivity contribution in [3.63, 3.8) is 0 Å². The van der Waals surface area contributed by atoms with Gasteiger partial charge in [-0.25, -0.2) is 13.1 Å². The van der Waals surface area contributed by atoms with Gasteiger partial charge < -0.3 is 15.2 Å². The zero-order valence-electron chi connectivity index (χ0n) is 10.1. The van der Waals surface area contributed by atoms with Crippen LogP contribution in [0.15, 0.2) is 0 Å². The van der Waals surface area contributed by atoms with Gasteiger partial charge in [-0.15, -0.1) is 0 Å². The van der Waals surface area contributed by atoms with Crippen molar-refractivity contribution in [2.75, 3.05) is 38.7 Å². The highest BCUT2D eigenvalue weighted by molar-refractivity contribution is 7.89. The molecule has 0 aliphatic carbocycles. The number of nitrogens with two attached hydrogens (primary N) is 1. The van der Waals surface area contributed by atoms with Gasteiger partial charge in [0.15, 0.2) is 0 Å². The molecular formula is C10H22N2O4S. The van der Waals surface area contributed by atoms with E-state index in [0.29, 0.717) is 39.3 Å². The summed E-state index contributed by atoms with van der Waals surface area (Å²) in [6.07, 6.45) is 2.30. The summed E-state index contributed by atoms with van der Waals surface area (Å²) in [7, 11) is -3.21. The first-order chi connectivity index (χ1) is 8.14. The van der Waals surface area contributed by atoms with Crippen molar-refractivity contribution in [2.45, 2.75) is 25.4 Å². The SMILES string of the molecule is NCCOCCCNS(=O)(=O)CC1CCCO1. The topological polar surface area (TPSA) is 90.6 Å². The molecule has 1 aliphatic heterocycles. The van der Waals surface area contributed by atoms with Crippen molar-refractivity contribution in [1.29, 1.82) is 0 Å². The first-order valence-corrected chi connectivity index (χ1v) is 7.66. The van der Waals surface area contributed by atoms with Gasteiger partial charge in [0, 0.05) is 26.3 Å². The van der Waals surface area contributed by atoms with Gasteiger partial charge in [0.05, 0.1) is 18.5 Å². The van der Waals surface area contributed by atoms with E-state index in [9.17, 15) is 8.42 Å². The molecule has 1 fully saturated rings. The van der Waals surface area contributed by atoms with Crippen molar-refractivity contribution in [3.05, 3.63) is 0 Å². The average Bonchev–Trinajstić information content (AvgIpc) is 2.75. The molecule has 0 spiro atoms. The van der Waals surface area contributed by atoms with E-state index in [1.807, 2.05) is 0 Å². The quantitative estimate of drug-likeness (QED) is 0.546. The molecule has 1 heterocycles. The lowest BCUT2D eigenvalue weighted by Crippen LogP contribution is -2.33. The molecule has 7 heteroatoms. The first-order valence-electron chi connectivity index (χ1n) is 6.01. The lowest BCUT2D eigenvalue weighted by atomic mass is 10.3. The maximum absolute atomic E-state index is 11.6. The predicted molar refractivity (Wildman–Crippen MR) is 65.3 cm³/mol. The standard InChI is InChI=1S/C10H22N2O4S/c11-4-8-15-6-2-5-12-17(13,14)9-10-3-1-7-16-10/h10,12H,1-9,11H2. The Bertz CT molecular complexity index is 289. The summed E-state index contributed by atoms with van der Waals surface area (Å²) in [5, 5.41) is 0. The Morgan fingerprint density at radius 2 is 2.24 bits per heavy atom. The van der Waals surface area contributed by atoms with Crippen molar-refractivity contribution in [2.24, 2.45) is 5.73 Å². The Labute approximate surface area is 103 Å². The molecule has 0 aromatic carbocycles. The number of rotatable bonds is 9. The third-order valence-corrected chi connectivity index (χ3v) is 3.93. The number of nitrogens with one attached hydrogen (secondary N) is 1. The molecule has 1 unspecified atom stereocenters. The maximum Gasteiger partial charge on any atom is 0.214 e. The van der Waals surface area contributed by atoms with Crippen LogP contribution in [-0.4, -0.2) is 53.2 Å². The fourth-order valence-corrected chi connectivity index (χ4v) is 2.99. The first kappa shape index (κ1) is 14.8. The zero-order valence-corrected chi connectivity index (χ0v) is 10.9. The van der Waals surface area contributed by atoms with Gasteiger partial charge in [0.2, 0.25) is 10.0 Å². The van der Waals surface area contributed by atoms with E-state index in [-0.39, 0.29) is 11.9 Å². The fourth-order valence-electron chi connectivity index (χ4n) is 1.67. The Kier molecular flexibility index (Phi) is 6.98. The van der Waals surface area contributed by atoms with Crippen molar-refractivity contribution >= 4 is 10.0 Å². The molecule has 1 aliphatic rings. The van der Waals surface area contributed by atoms with E-state index in [4.69, 9.17) is 15.2 Å². The molecular weight excluding hydrogens is 244 g/mol. The highest BCUT2D eigenvalue weighted by Gasteiger charge is 2.22. The van der Waals surface area contributed by atoms with Gasteiger partial charge in [-0.2, -0.15) is 0 Å². The van der Waals surface area contributed by atoms with Gasteiger partial charge >= 0.3 is 0 Å². The molecule has 6 nitrogen and oxygen atoms in total. The number of hydrogen-bond donors (Lipinski definition) is 2. The van der Waals surface area contributed by atoms with Crippen LogP contribution < -0.4 is 10.5 Å². The monoisotopic (exact) mass is 266 g/mol. The molecule has 0 amide bonds. The van der Waals surface area contributed by atoms with E-state index >= 15 is 0 Å². The van der Waals surface area contributed by atoms with E-state index in [1.54, 1.807) is 0 Å². The highest BCUT2D eigenvalue weighted by atomic mass is 32.2. The molecule has 17 heavy (non-hydrogen) atoms. The third kappa shape index (κ3) is 6.95. The number of ether oxygens (including phenoxy) is 2. The maximum atomic E-state index is 11.6. The Morgan fingerprint density at radius 1 is 1.41 bits per heavy atom. The Hall–Kier alpha value is -0.210. The summed E-state index contributed by atoms with van der Waals surface area (Å²) in [5.41, 5.74) is 5.25. The molecule has 0 bridgehead atoms. The third-order valence-electron chi connectivity index (χ3n) is 2.48. The van der Waals surface area contributed by atoms with Crippen LogP contribution in [0.1, 0.15) is 19.3 Å². The summed E-state index contributed by atoms with van der Waals surface area (Å²) >= 11 is 0. The second-order valence-corrected chi connectivity index (χ2v) is 5.92. The minimum atomic E-state index is -3.21. The van der Waals surface area contributed by atoms with E-state index in [0.717, 1.165) is 12.8 Å². The Balaban J connectivity index is 2.07. The molecule has 0 saturated carbocycles. The van der Waals surface area contributed by atoms with Crippen molar-refractivity contribution in [3.8, 4) is 0 Å². The Morgan fingerprint density at radius 3 is 2.88 bits per heavy atom.